The van der Waals surface area contributed by atoms with Crippen molar-refractivity contribution in [3.63, 3.8) is 0 Å². The fourth-order valence-electron chi connectivity index (χ4n) is 1.55. The van der Waals surface area contributed by atoms with Gasteiger partial charge >= 0.3 is 0 Å². The van der Waals surface area contributed by atoms with E-state index in [9.17, 15) is 5.11 Å². The van der Waals surface area contributed by atoms with Crippen LogP contribution in [0.5, 0.6) is 0 Å². The molecule has 2 rings (SSSR count). The highest BCUT2D eigenvalue weighted by atomic mass is 35.5. The molecule has 1 aliphatic rings. The highest BCUT2D eigenvalue weighted by molar-refractivity contribution is 6.29. The van der Waals surface area contributed by atoms with Gasteiger partial charge in [0.15, 0.2) is 0 Å². The van der Waals surface area contributed by atoms with Crippen molar-refractivity contribution < 1.29 is 5.11 Å². The minimum atomic E-state index is -0.375. The lowest BCUT2D eigenvalue weighted by atomic mass is 10.1. The van der Waals surface area contributed by atoms with E-state index in [0.29, 0.717) is 5.15 Å². The first-order valence-corrected chi connectivity index (χ1v) is 5.43. The molecule has 0 radical (unpaired) electrons. The zero-order valence-electron chi connectivity index (χ0n) is 7.99. The van der Waals surface area contributed by atoms with Gasteiger partial charge in [0.2, 0.25) is 0 Å². The number of halogens is 1. The van der Waals surface area contributed by atoms with Crippen molar-refractivity contribution in [2.75, 3.05) is 0 Å². The van der Waals surface area contributed by atoms with Gasteiger partial charge in [-0.25, -0.2) is 4.98 Å². The highest BCUT2D eigenvalue weighted by Gasteiger charge is 2.22. The van der Waals surface area contributed by atoms with Crippen LogP contribution in [0.15, 0.2) is 18.3 Å². The molecular formula is C11H14ClNO. The number of hydrogen-bond acceptors (Lipinski definition) is 2. The number of nitrogens with zero attached hydrogens (tertiary/aromatic N) is 1. The van der Waals surface area contributed by atoms with E-state index in [0.717, 1.165) is 24.3 Å². The highest BCUT2D eigenvalue weighted by Crippen LogP contribution is 2.35. The second-order valence-electron chi connectivity index (χ2n) is 3.95. The topological polar surface area (TPSA) is 33.1 Å². The van der Waals surface area contributed by atoms with Crippen molar-refractivity contribution in [1.82, 2.24) is 4.98 Å². The summed E-state index contributed by atoms with van der Waals surface area (Å²) < 4.78 is 0. The summed E-state index contributed by atoms with van der Waals surface area (Å²) in [4.78, 5) is 3.95. The van der Waals surface area contributed by atoms with Gasteiger partial charge < -0.3 is 5.11 Å². The molecule has 2 nitrogen and oxygen atoms in total. The number of pyridine rings is 1. The summed E-state index contributed by atoms with van der Waals surface area (Å²) in [5, 5.41) is 10.3. The Hall–Kier alpha value is -0.600. The van der Waals surface area contributed by atoms with Crippen LogP contribution in [0.2, 0.25) is 5.15 Å². The smallest absolute Gasteiger partial charge is 0.129 e. The fourth-order valence-corrected chi connectivity index (χ4v) is 1.66. The third-order valence-corrected chi connectivity index (χ3v) is 2.90. The molecule has 1 unspecified atom stereocenters. The number of hydrogen-bond donors (Lipinski definition) is 1. The molecule has 0 amide bonds. The SMILES string of the molecule is OC(CCC1CC1)c1ccc(Cl)nc1. The Balaban J connectivity index is 1.88. The van der Waals surface area contributed by atoms with Gasteiger partial charge in [0.1, 0.15) is 5.15 Å². The minimum Gasteiger partial charge on any atom is -0.388 e. The monoisotopic (exact) mass is 211 g/mol. The lowest BCUT2D eigenvalue weighted by Crippen LogP contribution is -1.98. The number of aromatic nitrogens is 1. The average molecular weight is 212 g/mol. The molecule has 1 aromatic heterocycles. The second kappa shape index (κ2) is 4.28. The first kappa shape index (κ1) is 9.94. The molecule has 14 heavy (non-hydrogen) atoms. The molecule has 0 spiro atoms. The molecule has 0 bridgehead atoms. The number of rotatable bonds is 4. The maximum atomic E-state index is 9.80. The zero-order valence-corrected chi connectivity index (χ0v) is 8.74. The van der Waals surface area contributed by atoms with Crippen LogP contribution in [0.1, 0.15) is 37.4 Å². The van der Waals surface area contributed by atoms with E-state index in [4.69, 9.17) is 11.6 Å². The van der Waals surface area contributed by atoms with Crippen LogP contribution in [0.4, 0.5) is 0 Å². The third kappa shape index (κ3) is 2.69. The third-order valence-electron chi connectivity index (χ3n) is 2.68. The lowest BCUT2D eigenvalue weighted by Gasteiger charge is -2.09. The van der Waals surface area contributed by atoms with Crippen LogP contribution in [-0.4, -0.2) is 10.1 Å². The molecule has 0 aromatic carbocycles. The Morgan fingerprint density at radius 2 is 2.29 bits per heavy atom. The Labute approximate surface area is 88.9 Å². The molecule has 1 N–H and O–H groups in total. The van der Waals surface area contributed by atoms with Crippen molar-refractivity contribution in [2.45, 2.75) is 31.8 Å². The van der Waals surface area contributed by atoms with E-state index in [1.54, 1.807) is 12.3 Å². The fraction of sp³-hybridized carbons (Fsp3) is 0.545. The van der Waals surface area contributed by atoms with Gasteiger partial charge in [0.25, 0.3) is 0 Å². The largest absolute Gasteiger partial charge is 0.388 e. The summed E-state index contributed by atoms with van der Waals surface area (Å²) in [6.45, 7) is 0. The van der Waals surface area contributed by atoms with Gasteiger partial charge in [-0.2, -0.15) is 0 Å². The van der Waals surface area contributed by atoms with Crippen LogP contribution in [-0.2, 0) is 0 Å². The van der Waals surface area contributed by atoms with Crippen LogP contribution in [0.3, 0.4) is 0 Å². The molecule has 1 heterocycles. The lowest BCUT2D eigenvalue weighted by molar-refractivity contribution is 0.162. The Morgan fingerprint density at radius 1 is 1.50 bits per heavy atom. The summed E-state index contributed by atoms with van der Waals surface area (Å²) in [7, 11) is 0. The van der Waals surface area contributed by atoms with Gasteiger partial charge in [-0.05, 0) is 30.4 Å². The van der Waals surface area contributed by atoms with Crippen molar-refractivity contribution in [3.8, 4) is 0 Å². The van der Waals surface area contributed by atoms with Crippen LogP contribution >= 0.6 is 11.6 Å². The maximum absolute atomic E-state index is 9.80. The van der Waals surface area contributed by atoms with Crippen molar-refractivity contribution in [2.24, 2.45) is 5.92 Å². The molecule has 1 aliphatic carbocycles. The molecular weight excluding hydrogens is 198 g/mol. The van der Waals surface area contributed by atoms with Crippen molar-refractivity contribution in [3.05, 3.63) is 29.0 Å². The van der Waals surface area contributed by atoms with Crippen LogP contribution in [0.25, 0.3) is 0 Å². The van der Waals surface area contributed by atoms with E-state index < -0.39 is 0 Å². The molecule has 0 aliphatic heterocycles. The van der Waals surface area contributed by atoms with Crippen LogP contribution < -0.4 is 0 Å². The zero-order chi connectivity index (χ0) is 9.97. The second-order valence-corrected chi connectivity index (χ2v) is 4.34. The van der Waals surface area contributed by atoms with Gasteiger partial charge in [0, 0.05) is 6.20 Å². The summed E-state index contributed by atoms with van der Waals surface area (Å²) >= 11 is 5.66. The van der Waals surface area contributed by atoms with Gasteiger partial charge in [-0.15, -0.1) is 0 Å². The minimum absolute atomic E-state index is 0.375. The molecule has 1 aromatic rings. The maximum Gasteiger partial charge on any atom is 0.129 e. The predicted molar refractivity (Wildman–Crippen MR) is 56.2 cm³/mol. The normalized spacial score (nSPS) is 18.1. The average Bonchev–Trinajstić information content (AvgIpc) is 2.99. The molecule has 3 heteroatoms. The number of aliphatic hydroxyl groups excluding tert-OH is 1. The van der Waals surface area contributed by atoms with Gasteiger partial charge in [-0.1, -0.05) is 30.5 Å². The quantitative estimate of drug-likeness (QED) is 0.777. The standard InChI is InChI=1S/C11H14ClNO/c12-11-6-4-9(7-13-11)10(14)5-3-8-1-2-8/h4,6-8,10,14H,1-3,5H2. The van der Waals surface area contributed by atoms with Gasteiger partial charge in [-0.3, -0.25) is 0 Å². The first-order valence-electron chi connectivity index (χ1n) is 5.05. The Morgan fingerprint density at radius 3 is 2.86 bits per heavy atom. The van der Waals surface area contributed by atoms with E-state index in [-0.39, 0.29) is 6.10 Å². The van der Waals surface area contributed by atoms with E-state index >= 15 is 0 Å². The number of aliphatic hydroxyl groups is 1. The summed E-state index contributed by atoms with van der Waals surface area (Å²) in [5.74, 6) is 0.866. The summed E-state index contributed by atoms with van der Waals surface area (Å²) in [5.41, 5.74) is 0.870. The van der Waals surface area contributed by atoms with Crippen molar-refractivity contribution in [1.29, 1.82) is 0 Å². The predicted octanol–water partition coefficient (Wildman–Crippen LogP) is 2.96. The molecule has 0 saturated heterocycles. The summed E-state index contributed by atoms with van der Waals surface area (Å²) in [6, 6.07) is 3.56. The molecule has 1 atom stereocenters. The first-order chi connectivity index (χ1) is 6.75. The molecule has 1 fully saturated rings. The van der Waals surface area contributed by atoms with E-state index in [1.165, 1.54) is 12.8 Å². The van der Waals surface area contributed by atoms with E-state index in [1.807, 2.05) is 6.07 Å². The molecule has 1 saturated carbocycles. The van der Waals surface area contributed by atoms with Crippen molar-refractivity contribution >= 4 is 11.6 Å². The van der Waals surface area contributed by atoms with E-state index in [2.05, 4.69) is 4.98 Å². The van der Waals surface area contributed by atoms with Gasteiger partial charge in [0.05, 0.1) is 6.10 Å². The Bertz CT molecular complexity index is 295. The summed E-state index contributed by atoms with van der Waals surface area (Å²) in [6.07, 6.45) is 5.93. The van der Waals surface area contributed by atoms with Crippen LogP contribution in [0, 0.1) is 5.92 Å². The molecule has 76 valence electrons. The Kier molecular flexibility index (Phi) is 3.04.